The number of hydrogen-bond donors (Lipinski definition) is 1. The first-order chi connectivity index (χ1) is 21.8. The quantitative estimate of drug-likeness (QED) is 0.138. The third-order valence-corrected chi connectivity index (χ3v) is 10.3. The zero-order valence-corrected chi connectivity index (χ0v) is 27.2. The predicted octanol–water partition coefficient (Wildman–Crippen LogP) is 5.95. The predicted molar refractivity (Wildman–Crippen MR) is 173 cm³/mol. The molecular weight excluding hydrogens is 615 g/mol. The second-order valence-electron chi connectivity index (χ2n) is 10.4. The lowest BCUT2D eigenvalue weighted by atomic mass is 9.80. The molecule has 1 aliphatic rings. The van der Waals surface area contributed by atoms with Crippen molar-refractivity contribution in [3.63, 3.8) is 0 Å². The number of benzene rings is 3. The van der Waals surface area contributed by atoms with Gasteiger partial charge in [-0.25, -0.2) is 4.79 Å². The van der Waals surface area contributed by atoms with Crippen molar-refractivity contribution in [1.82, 2.24) is 9.55 Å². The van der Waals surface area contributed by atoms with Crippen LogP contribution in [0.15, 0.2) is 94.6 Å². The van der Waals surface area contributed by atoms with E-state index >= 15 is 0 Å². The molecule has 12 heteroatoms. The van der Waals surface area contributed by atoms with Crippen LogP contribution >= 0.6 is 18.6 Å². The van der Waals surface area contributed by atoms with Gasteiger partial charge in [0.05, 0.1) is 20.8 Å². The van der Waals surface area contributed by atoms with Gasteiger partial charge in [-0.1, -0.05) is 61.5 Å². The SMILES string of the molecule is CCS[P+](=O)O[C@H]1C[C@H](n2cc(C)c(=O)[nH]c2=O)O[C@@H]1COC(c1ccccc1)(c1ccc(OC)cc1)c1ccc(OC)cc1. The Hall–Kier alpha value is -3.73. The summed E-state index contributed by atoms with van der Waals surface area (Å²) in [6, 6.07) is 25.2. The van der Waals surface area contributed by atoms with E-state index in [9.17, 15) is 14.2 Å². The van der Waals surface area contributed by atoms with Gasteiger partial charge in [-0.05, 0) is 52.4 Å². The Balaban J connectivity index is 1.57. The van der Waals surface area contributed by atoms with Crippen LogP contribution in [0.4, 0.5) is 0 Å². The van der Waals surface area contributed by atoms with E-state index in [0.29, 0.717) is 22.8 Å². The molecule has 1 unspecified atom stereocenters. The van der Waals surface area contributed by atoms with E-state index < -0.39 is 42.5 Å². The smallest absolute Gasteiger partial charge is 0.497 e. The largest absolute Gasteiger partial charge is 0.585 e. The highest BCUT2D eigenvalue weighted by molar-refractivity contribution is 8.50. The van der Waals surface area contributed by atoms with Gasteiger partial charge in [-0.2, -0.15) is 0 Å². The van der Waals surface area contributed by atoms with Gasteiger partial charge in [0.25, 0.3) is 5.56 Å². The topological polar surface area (TPSA) is 118 Å². The Morgan fingerprint density at radius 3 is 2.07 bits per heavy atom. The van der Waals surface area contributed by atoms with Crippen molar-refractivity contribution in [2.24, 2.45) is 0 Å². The Bertz CT molecular complexity index is 1660. The van der Waals surface area contributed by atoms with Crippen LogP contribution in [0.1, 0.15) is 41.8 Å². The molecule has 1 N–H and O–H groups in total. The lowest BCUT2D eigenvalue weighted by Crippen LogP contribution is -2.38. The molecule has 0 bridgehead atoms. The maximum Gasteiger partial charge on any atom is 0.585 e. The molecule has 45 heavy (non-hydrogen) atoms. The molecule has 1 saturated heterocycles. The van der Waals surface area contributed by atoms with Gasteiger partial charge in [0.15, 0.2) is 11.4 Å². The maximum atomic E-state index is 12.8. The van der Waals surface area contributed by atoms with Gasteiger partial charge < -0.3 is 18.9 Å². The molecule has 4 atom stereocenters. The van der Waals surface area contributed by atoms with Crippen LogP contribution in [-0.4, -0.2) is 48.3 Å². The van der Waals surface area contributed by atoms with E-state index in [0.717, 1.165) is 16.7 Å². The summed E-state index contributed by atoms with van der Waals surface area (Å²) in [5.41, 5.74) is 0.739. The van der Waals surface area contributed by atoms with Crippen LogP contribution in [0.25, 0.3) is 0 Å². The van der Waals surface area contributed by atoms with Crippen LogP contribution in [0, 0.1) is 6.92 Å². The van der Waals surface area contributed by atoms with Crippen LogP contribution in [0.5, 0.6) is 11.5 Å². The highest BCUT2D eigenvalue weighted by Gasteiger charge is 2.46. The third-order valence-electron chi connectivity index (χ3n) is 7.73. The molecular formula is C33H36N2O8PS+. The number of nitrogens with zero attached hydrogens (tertiary/aromatic N) is 1. The third kappa shape index (κ3) is 7.08. The highest BCUT2D eigenvalue weighted by atomic mass is 32.7. The number of aryl methyl sites for hydroxylation is 1. The zero-order chi connectivity index (χ0) is 32.0. The van der Waals surface area contributed by atoms with Crippen molar-refractivity contribution in [2.45, 2.75) is 44.3 Å². The minimum absolute atomic E-state index is 0.0190. The molecule has 0 radical (unpaired) electrons. The summed E-state index contributed by atoms with van der Waals surface area (Å²) in [5.74, 6) is 2.01. The fraction of sp³-hybridized carbons (Fsp3) is 0.333. The van der Waals surface area contributed by atoms with Crippen LogP contribution in [0.2, 0.25) is 0 Å². The van der Waals surface area contributed by atoms with E-state index in [-0.39, 0.29) is 13.0 Å². The molecule has 0 amide bonds. The number of nitrogens with one attached hydrogen (secondary N) is 1. The van der Waals surface area contributed by atoms with Crippen molar-refractivity contribution in [3.05, 3.63) is 128 Å². The van der Waals surface area contributed by atoms with Gasteiger partial charge in [0.2, 0.25) is 0 Å². The molecule has 4 aromatic rings. The van der Waals surface area contributed by atoms with E-state index in [2.05, 4.69) is 4.98 Å². The minimum Gasteiger partial charge on any atom is -0.497 e. The lowest BCUT2D eigenvalue weighted by Gasteiger charge is -2.37. The van der Waals surface area contributed by atoms with Crippen molar-refractivity contribution in [2.75, 3.05) is 26.6 Å². The summed E-state index contributed by atoms with van der Waals surface area (Å²) in [6.45, 7) is 3.53. The van der Waals surface area contributed by atoms with Gasteiger partial charge in [-0.3, -0.25) is 14.3 Å². The molecule has 10 nitrogen and oxygen atoms in total. The van der Waals surface area contributed by atoms with Gasteiger partial charge in [0.1, 0.15) is 35.5 Å². The first-order valence-corrected chi connectivity index (χ1v) is 17.3. The Kier molecular flexibility index (Phi) is 10.6. The fourth-order valence-corrected chi connectivity index (χ4v) is 7.32. The molecule has 236 valence electrons. The molecule has 0 aliphatic carbocycles. The number of methoxy groups -OCH3 is 2. The van der Waals surface area contributed by atoms with E-state index in [1.54, 1.807) is 21.1 Å². The van der Waals surface area contributed by atoms with Crippen molar-refractivity contribution >= 4 is 18.6 Å². The number of hydrogen-bond acceptors (Lipinski definition) is 9. The molecule has 0 saturated carbocycles. The Morgan fingerprint density at radius 2 is 1.51 bits per heavy atom. The van der Waals surface area contributed by atoms with E-state index in [1.165, 1.54) is 22.1 Å². The summed E-state index contributed by atoms with van der Waals surface area (Å²) in [7, 11) is 1.18. The standard InChI is InChI=1S/C33H35N2O8PS/c1-5-45-44(38)43-28-19-30(35-20-22(2)31(36)34-32(35)37)42-29(28)21-41-33(23-9-7-6-8-10-23,24-11-15-26(39-3)16-12-24)25-13-17-27(40-4)18-14-25/h6-18,20,28-30H,5,19,21H2,1-4H3/p+1/t28-,29+,30+/m0/s1. The number of aromatic amines is 1. The zero-order valence-electron chi connectivity index (χ0n) is 25.5. The molecule has 1 aliphatic heterocycles. The van der Waals surface area contributed by atoms with Crippen LogP contribution in [-0.2, 0) is 24.2 Å². The summed E-state index contributed by atoms with van der Waals surface area (Å²) in [5, 5.41) is 0. The monoisotopic (exact) mass is 651 g/mol. The van der Waals surface area contributed by atoms with E-state index in [4.69, 9.17) is 23.5 Å². The normalized spacial score (nSPS) is 18.5. The second-order valence-corrected chi connectivity index (χ2v) is 13.6. The average molecular weight is 652 g/mol. The Labute approximate surface area is 266 Å². The van der Waals surface area contributed by atoms with Gasteiger partial charge >= 0.3 is 12.9 Å². The summed E-state index contributed by atoms with van der Waals surface area (Å²) >= 11 is 1.20. The fourth-order valence-electron chi connectivity index (χ4n) is 5.46. The number of aromatic nitrogens is 2. The Morgan fingerprint density at radius 1 is 0.933 bits per heavy atom. The van der Waals surface area contributed by atoms with Crippen LogP contribution < -0.4 is 20.7 Å². The minimum atomic E-state index is -2.05. The summed E-state index contributed by atoms with van der Waals surface area (Å²) < 4.78 is 44.4. The average Bonchev–Trinajstić information content (AvgIpc) is 3.46. The van der Waals surface area contributed by atoms with Crippen molar-refractivity contribution < 1.29 is 28.0 Å². The lowest BCUT2D eigenvalue weighted by molar-refractivity contribution is -0.0908. The molecule has 5 rings (SSSR count). The van der Waals surface area contributed by atoms with Crippen LogP contribution in [0.3, 0.4) is 0 Å². The first kappa shape index (κ1) is 32.7. The number of H-pyrrole nitrogens is 1. The van der Waals surface area contributed by atoms with Gasteiger partial charge in [0, 0.05) is 23.9 Å². The highest BCUT2D eigenvalue weighted by Crippen LogP contribution is 2.46. The molecule has 0 spiro atoms. The van der Waals surface area contributed by atoms with Crippen molar-refractivity contribution in [1.29, 1.82) is 0 Å². The summed E-state index contributed by atoms with van der Waals surface area (Å²) in [4.78, 5) is 27.1. The van der Waals surface area contributed by atoms with Crippen molar-refractivity contribution in [3.8, 4) is 11.5 Å². The van der Waals surface area contributed by atoms with Gasteiger partial charge in [-0.15, -0.1) is 4.52 Å². The molecule has 1 fully saturated rings. The maximum absolute atomic E-state index is 12.8. The second kappa shape index (κ2) is 14.6. The summed E-state index contributed by atoms with van der Waals surface area (Å²) in [6.07, 6.45) is -0.429. The molecule has 1 aromatic heterocycles. The molecule has 2 heterocycles. The van der Waals surface area contributed by atoms with E-state index in [1.807, 2.05) is 85.8 Å². The number of ether oxygens (including phenoxy) is 4. The first-order valence-electron chi connectivity index (χ1n) is 14.5. The number of rotatable bonds is 13. The molecule has 3 aromatic carbocycles.